The number of amides is 1. The third kappa shape index (κ3) is 3.39. The SMILES string of the molecule is NCC#Cc1ccc(S(=O)(=O)N2CCNC(=O)C2)c(F)c1. The van der Waals surface area contributed by atoms with Crippen molar-refractivity contribution in [1.29, 1.82) is 0 Å². The van der Waals surface area contributed by atoms with Gasteiger partial charge in [0, 0.05) is 18.7 Å². The number of nitrogens with one attached hydrogen (secondary N) is 1. The third-order valence-corrected chi connectivity index (χ3v) is 4.77. The summed E-state index contributed by atoms with van der Waals surface area (Å²) in [5.74, 6) is 3.88. The number of carbonyl (C=O) groups excluding carboxylic acids is 1. The fourth-order valence-corrected chi connectivity index (χ4v) is 3.34. The van der Waals surface area contributed by atoms with Gasteiger partial charge in [-0.2, -0.15) is 4.31 Å². The number of sulfonamides is 1. The van der Waals surface area contributed by atoms with E-state index in [1.54, 1.807) is 0 Å². The molecule has 8 heteroatoms. The average molecular weight is 311 g/mol. The lowest BCUT2D eigenvalue weighted by Gasteiger charge is -2.26. The van der Waals surface area contributed by atoms with Gasteiger partial charge in [-0.25, -0.2) is 12.8 Å². The van der Waals surface area contributed by atoms with Gasteiger partial charge in [0.05, 0.1) is 13.1 Å². The number of halogens is 1. The summed E-state index contributed by atoms with van der Waals surface area (Å²) in [7, 11) is -4.04. The zero-order valence-corrected chi connectivity index (χ0v) is 11.9. The van der Waals surface area contributed by atoms with Gasteiger partial charge in [0.25, 0.3) is 0 Å². The Kier molecular flexibility index (Phi) is 4.57. The van der Waals surface area contributed by atoms with Crippen molar-refractivity contribution in [2.24, 2.45) is 5.73 Å². The zero-order chi connectivity index (χ0) is 15.5. The summed E-state index contributed by atoms with van der Waals surface area (Å²) in [6.45, 7) is 0.142. The minimum atomic E-state index is -4.04. The molecule has 0 aliphatic carbocycles. The summed E-state index contributed by atoms with van der Waals surface area (Å²) >= 11 is 0. The van der Waals surface area contributed by atoms with Crippen LogP contribution < -0.4 is 11.1 Å². The monoisotopic (exact) mass is 311 g/mol. The first-order valence-corrected chi connectivity index (χ1v) is 7.64. The van der Waals surface area contributed by atoms with Crippen LogP contribution in [0.5, 0.6) is 0 Å². The van der Waals surface area contributed by atoms with Crippen molar-refractivity contribution in [3.63, 3.8) is 0 Å². The van der Waals surface area contributed by atoms with Crippen LogP contribution in [-0.4, -0.2) is 44.8 Å². The molecular weight excluding hydrogens is 297 g/mol. The minimum Gasteiger partial charge on any atom is -0.354 e. The molecule has 21 heavy (non-hydrogen) atoms. The quantitative estimate of drug-likeness (QED) is 0.703. The number of rotatable bonds is 2. The molecule has 1 fully saturated rings. The zero-order valence-electron chi connectivity index (χ0n) is 11.1. The Hall–Kier alpha value is -1.95. The summed E-state index contributed by atoms with van der Waals surface area (Å²) in [6.07, 6.45) is 0. The lowest BCUT2D eigenvalue weighted by atomic mass is 10.2. The molecular formula is C13H14FN3O3S. The first-order chi connectivity index (χ1) is 9.95. The largest absolute Gasteiger partial charge is 0.354 e. The number of hydrogen-bond donors (Lipinski definition) is 2. The van der Waals surface area contributed by atoms with Gasteiger partial charge in [-0.1, -0.05) is 11.8 Å². The maximum Gasteiger partial charge on any atom is 0.246 e. The number of hydrogen-bond acceptors (Lipinski definition) is 4. The van der Waals surface area contributed by atoms with Gasteiger partial charge in [0.2, 0.25) is 15.9 Å². The fourth-order valence-electron chi connectivity index (χ4n) is 1.90. The summed E-state index contributed by atoms with van der Waals surface area (Å²) in [4.78, 5) is 10.8. The van der Waals surface area contributed by atoms with Crippen molar-refractivity contribution in [3.8, 4) is 11.8 Å². The highest BCUT2D eigenvalue weighted by atomic mass is 32.2. The normalized spacial score (nSPS) is 16.0. The second-order valence-corrected chi connectivity index (χ2v) is 6.25. The molecule has 0 spiro atoms. The highest BCUT2D eigenvalue weighted by molar-refractivity contribution is 7.89. The van der Waals surface area contributed by atoms with Crippen molar-refractivity contribution >= 4 is 15.9 Å². The van der Waals surface area contributed by atoms with E-state index in [9.17, 15) is 17.6 Å². The molecule has 2 rings (SSSR count). The molecule has 1 aliphatic heterocycles. The number of nitrogens with zero attached hydrogens (tertiary/aromatic N) is 1. The van der Waals surface area contributed by atoms with Gasteiger partial charge in [-0.3, -0.25) is 4.79 Å². The van der Waals surface area contributed by atoms with E-state index in [0.29, 0.717) is 5.56 Å². The van der Waals surface area contributed by atoms with Crippen LogP contribution in [0.25, 0.3) is 0 Å². The van der Waals surface area contributed by atoms with E-state index in [1.165, 1.54) is 6.07 Å². The van der Waals surface area contributed by atoms with Crippen molar-refractivity contribution in [2.45, 2.75) is 4.90 Å². The van der Waals surface area contributed by atoms with E-state index in [1.807, 2.05) is 0 Å². The van der Waals surface area contributed by atoms with E-state index in [-0.39, 0.29) is 26.2 Å². The molecule has 0 bridgehead atoms. The Labute approximate surface area is 122 Å². The molecule has 112 valence electrons. The predicted molar refractivity (Wildman–Crippen MR) is 74.1 cm³/mol. The smallest absolute Gasteiger partial charge is 0.246 e. The molecule has 1 aliphatic rings. The Balaban J connectivity index is 2.34. The summed E-state index contributed by atoms with van der Waals surface area (Å²) in [5, 5.41) is 2.51. The van der Waals surface area contributed by atoms with Crippen molar-refractivity contribution in [3.05, 3.63) is 29.6 Å². The van der Waals surface area contributed by atoms with E-state index in [4.69, 9.17) is 5.73 Å². The number of piperazine rings is 1. The molecule has 0 radical (unpaired) electrons. The highest BCUT2D eigenvalue weighted by Gasteiger charge is 2.31. The molecule has 0 aromatic heterocycles. The Bertz CT molecular complexity index is 722. The van der Waals surface area contributed by atoms with Crippen LogP contribution in [0.2, 0.25) is 0 Å². The lowest BCUT2D eigenvalue weighted by molar-refractivity contribution is -0.122. The molecule has 0 saturated carbocycles. The standard InChI is InChI=1S/C13H14FN3O3S/c14-11-8-10(2-1-5-15)3-4-12(11)21(19,20)17-7-6-16-13(18)9-17/h3-4,8H,5-7,9,15H2,(H,16,18). The molecule has 1 aromatic carbocycles. The van der Waals surface area contributed by atoms with Crippen LogP contribution in [0, 0.1) is 17.7 Å². The van der Waals surface area contributed by atoms with Crippen LogP contribution in [0.3, 0.4) is 0 Å². The summed E-state index contributed by atoms with van der Waals surface area (Å²) in [5.41, 5.74) is 5.56. The molecule has 6 nitrogen and oxygen atoms in total. The number of carbonyl (C=O) groups is 1. The first kappa shape index (κ1) is 15.4. The van der Waals surface area contributed by atoms with Crippen LogP contribution >= 0.6 is 0 Å². The van der Waals surface area contributed by atoms with E-state index < -0.39 is 26.6 Å². The van der Waals surface area contributed by atoms with Gasteiger partial charge in [0.15, 0.2) is 0 Å². The molecule has 1 aromatic rings. The van der Waals surface area contributed by atoms with Gasteiger partial charge >= 0.3 is 0 Å². The second-order valence-electron chi connectivity index (χ2n) is 4.34. The molecule has 1 heterocycles. The van der Waals surface area contributed by atoms with Gasteiger partial charge in [0.1, 0.15) is 10.7 Å². The number of nitrogens with two attached hydrogens (primary N) is 1. The minimum absolute atomic E-state index is 0.113. The van der Waals surface area contributed by atoms with Gasteiger partial charge in [-0.05, 0) is 18.2 Å². The lowest BCUT2D eigenvalue weighted by Crippen LogP contribution is -2.49. The fraction of sp³-hybridized carbons (Fsp3) is 0.308. The topological polar surface area (TPSA) is 92.5 Å². The molecule has 1 amide bonds. The van der Waals surface area contributed by atoms with Crippen LogP contribution in [0.1, 0.15) is 5.56 Å². The van der Waals surface area contributed by atoms with Crippen LogP contribution in [0.4, 0.5) is 4.39 Å². The average Bonchev–Trinajstić information content (AvgIpc) is 2.45. The molecule has 3 N–H and O–H groups in total. The predicted octanol–water partition coefficient (Wildman–Crippen LogP) is -0.744. The molecule has 0 atom stereocenters. The third-order valence-electron chi connectivity index (χ3n) is 2.89. The summed E-state index contributed by atoms with van der Waals surface area (Å²) < 4.78 is 39.6. The Morgan fingerprint density at radius 3 is 2.81 bits per heavy atom. The van der Waals surface area contributed by atoms with Crippen LogP contribution in [0.15, 0.2) is 23.1 Å². The second kappa shape index (κ2) is 6.22. The Morgan fingerprint density at radius 1 is 1.43 bits per heavy atom. The molecule has 1 saturated heterocycles. The maximum absolute atomic E-state index is 14.0. The van der Waals surface area contributed by atoms with Crippen molar-refractivity contribution < 1.29 is 17.6 Å². The van der Waals surface area contributed by atoms with Crippen LogP contribution in [-0.2, 0) is 14.8 Å². The Morgan fingerprint density at radius 2 is 2.19 bits per heavy atom. The molecule has 0 unspecified atom stereocenters. The van der Waals surface area contributed by atoms with Gasteiger partial charge < -0.3 is 11.1 Å². The van der Waals surface area contributed by atoms with Crippen molar-refractivity contribution in [2.75, 3.05) is 26.2 Å². The maximum atomic E-state index is 14.0. The van der Waals surface area contributed by atoms with Crippen molar-refractivity contribution in [1.82, 2.24) is 9.62 Å². The van der Waals surface area contributed by atoms with Gasteiger partial charge in [-0.15, -0.1) is 0 Å². The van der Waals surface area contributed by atoms with E-state index in [2.05, 4.69) is 17.2 Å². The highest BCUT2D eigenvalue weighted by Crippen LogP contribution is 2.20. The number of benzene rings is 1. The first-order valence-electron chi connectivity index (χ1n) is 6.20. The van der Waals surface area contributed by atoms with E-state index in [0.717, 1.165) is 16.4 Å². The van der Waals surface area contributed by atoms with E-state index >= 15 is 0 Å². The summed E-state index contributed by atoms with van der Waals surface area (Å²) in [6, 6.07) is 3.60.